The summed E-state index contributed by atoms with van der Waals surface area (Å²) in [4.78, 5) is 15.7. The summed E-state index contributed by atoms with van der Waals surface area (Å²) in [6, 6.07) is 25.0. The number of anilines is 1. The first kappa shape index (κ1) is 27.8. The van der Waals surface area contributed by atoms with Gasteiger partial charge in [-0.15, -0.1) is 0 Å². The minimum absolute atomic E-state index is 0.267. The monoisotopic (exact) mass is 535 g/mol. The second kappa shape index (κ2) is 13.0. The number of rotatable bonds is 12. The standard InChI is InChI=1S/C36H41NO3/c1-4-7-22-37(23-8-5-2)33-20-19-29(28-16-12-13-17-30(28)36(38)39-24-9-6-3)32-25-31-27-15-11-10-14-26(27)18-21-34(31)40-35(32)33/h10-21H,4-9,22-25H2,1-3H3. The van der Waals surface area contributed by atoms with E-state index in [1.165, 1.54) is 16.3 Å². The molecule has 5 rings (SSSR count). The molecule has 0 atom stereocenters. The Labute approximate surface area is 238 Å². The minimum Gasteiger partial charge on any atom is -0.462 e. The van der Waals surface area contributed by atoms with Crippen LogP contribution in [-0.2, 0) is 11.2 Å². The maximum atomic E-state index is 13.2. The molecule has 0 aromatic heterocycles. The van der Waals surface area contributed by atoms with Crippen LogP contribution in [0.1, 0.15) is 80.8 Å². The zero-order valence-electron chi connectivity index (χ0n) is 24.2. The predicted molar refractivity (Wildman–Crippen MR) is 166 cm³/mol. The van der Waals surface area contributed by atoms with Crippen LogP contribution in [0.5, 0.6) is 11.5 Å². The number of benzene rings is 4. The molecule has 1 aliphatic heterocycles. The summed E-state index contributed by atoms with van der Waals surface area (Å²) >= 11 is 0. The Morgan fingerprint density at radius 2 is 1.50 bits per heavy atom. The van der Waals surface area contributed by atoms with Gasteiger partial charge in [-0.25, -0.2) is 4.79 Å². The van der Waals surface area contributed by atoms with Crippen LogP contribution in [0, 0.1) is 0 Å². The highest BCUT2D eigenvalue weighted by atomic mass is 16.5. The van der Waals surface area contributed by atoms with Crippen molar-refractivity contribution in [3.63, 3.8) is 0 Å². The van der Waals surface area contributed by atoms with Crippen molar-refractivity contribution in [1.82, 2.24) is 0 Å². The summed E-state index contributed by atoms with van der Waals surface area (Å²) in [6.07, 6.45) is 7.14. The molecule has 0 bridgehead atoms. The highest BCUT2D eigenvalue weighted by Gasteiger charge is 2.28. The van der Waals surface area contributed by atoms with Crippen molar-refractivity contribution < 1.29 is 14.3 Å². The van der Waals surface area contributed by atoms with Gasteiger partial charge in [0.25, 0.3) is 0 Å². The molecule has 4 aromatic carbocycles. The molecule has 0 fully saturated rings. The topological polar surface area (TPSA) is 38.8 Å². The number of fused-ring (bicyclic) bond motifs is 4. The number of esters is 1. The van der Waals surface area contributed by atoms with Gasteiger partial charge in [-0.05, 0) is 59.4 Å². The molecule has 40 heavy (non-hydrogen) atoms. The highest BCUT2D eigenvalue weighted by Crippen LogP contribution is 2.49. The largest absolute Gasteiger partial charge is 0.462 e. The number of ether oxygens (including phenoxy) is 2. The quantitative estimate of drug-likeness (QED) is 0.118. The molecule has 1 aliphatic rings. The zero-order chi connectivity index (χ0) is 27.9. The van der Waals surface area contributed by atoms with Crippen LogP contribution in [0.3, 0.4) is 0 Å². The van der Waals surface area contributed by atoms with Gasteiger partial charge in [0, 0.05) is 30.6 Å². The van der Waals surface area contributed by atoms with E-state index in [2.05, 4.69) is 74.2 Å². The molecule has 0 saturated heterocycles. The van der Waals surface area contributed by atoms with Crippen LogP contribution in [0.4, 0.5) is 5.69 Å². The molecular formula is C36H41NO3. The van der Waals surface area contributed by atoms with Gasteiger partial charge in [0.05, 0.1) is 17.9 Å². The van der Waals surface area contributed by atoms with Gasteiger partial charge >= 0.3 is 5.97 Å². The summed E-state index contributed by atoms with van der Waals surface area (Å²) in [5, 5.41) is 2.42. The molecule has 0 N–H and O–H groups in total. The van der Waals surface area contributed by atoms with E-state index >= 15 is 0 Å². The van der Waals surface area contributed by atoms with Gasteiger partial charge in [-0.3, -0.25) is 0 Å². The Bertz CT molecular complexity index is 1470. The fourth-order valence-corrected chi connectivity index (χ4v) is 5.62. The third kappa shape index (κ3) is 5.72. The summed E-state index contributed by atoms with van der Waals surface area (Å²) in [6.45, 7) is 9.01. The van der Waals surface area contributed by atoms with Crippen LogP contribution in [-0.4, -0.2) is 25.7 Å². The average Bonchev–Trinajstić information content (AvgIpc) is 3.00. The number of hydrogen-bond acceptors (Lipinski definition) is 4. The molecule has 208 valence electrons. The van der Waals surface area contributed by atoms with Gasteiger partial charge in [0.15, 0.2) is 5.75 Å². The number of carbonyl (C=O) groups excluding carboxylic acids is 1. The highest BCUT2D eigenvalue weighted by molar-refractivity contribution is 5.99. The molecule has 0 radical (unpaired) electrons. The van der Waals surface area contributed by atoms with Crippen molar-refractivity contribution in [1.29, 1.82) is 0 Å². The molecule has 0 amide bonds. The number of carbonyl (C=O) groups is 1. The van der Waals surface area contributed by atoms with E-state index in [9.17, 15) is 4.79 Å². The Hall–Kier alpha value is -3.79. The fraction of sp³-hybridized carbons (Fsp3) is 0.361. The smallest absolute Gasteiger partial charge is 0.338 e. The molecule has 4 heteroatoms. The number of hydrogen-bond donors (Lipinski definition) is 0. The van der Waals surface area contributed by atoms with Crippen molar-refractivity contribution in [3.8, 4) is 22.6 Å². The lowest BCUT2D eigenvalue weighted by Gasteiger charge is -2.32. The third-order valence-corrected chi connectivity index (χ3v) is 7.87. The van der Waals surface area contributed by atoms with Crippen molar-refractivity contribution >= 4 is 22.4 Å². The lowest BCUT2D eigenvalue weighted by molar-refractivity contribution is 0.0500. The van der Waals surface area contributed by atoms with Crippen molar-refractivity contribution in [3.05, 3.63) is 89.5 Å². The summed E-state index contributed by atoms with van der Waals surface area (Å²) < 4.78 is 12.5. The molecule has 1 heterocycles. The van der Waals surface area contributed by atoms with Crippen molar-refractivity contribution in [2.24, 2.45) is 0 Å². The molecule has 4 nitrogen and oxygen atoms in total. The van der Waals surface area contributed by atoms with Crippen LogP contribution < -0.4 is 9.64 Å². The first-order chi connectivity index (χ1) is 19.7. The Morgan fingerprint density at radius 3 is 2.27 bits per heavy atom. The molecular weight excluding hydrogens is 494 g/mol. The summed E-state index contributed by atoms with van der Waals surface area (Å²) in [5.74, 6) is 1.57. The van der Waals surface area contributed by atoms with Crippen LogP contribution in [0.25, 0.3) is 21.9 Å². The van der Waals surface area contributed by atoms with Crippen molar-refractivity contribution in [2.75, 3.05) is 24.6 Å². The lowest BCUT2D eigenvalue weighted by atomic mass is 9.87. The van der Waals surface area contributed by atoms with E-state index in [1.807, 2.05) is 24.3 Å². The number of nitrogens with zero attached hydrogens (tertiary/aromatic N) is 1. The first-order valence-electron chi connectivity index (χ1n) is 15.0. The Balaban J connectivity index is 1.66. The van der Waals surface area contributed by atoms with Gasteiger partial charge in [0.2, 0.25) is 0 Å². The molecule has 0 unspecified atom stereocenters. The third-order valence-electron chi connectivity index (χ3n) is 7.87. The van der Waals surface area contributed by atoms with E-state index in [0.29, 0.717) is 12.2 Å². The van der Waals surface area contributed by atoms with E-state index in [1.54, 1.807) is 0 Å². The maximum absolute atomic E-state index is 13.2. The molecule has 4 aromatic rings. The zero-order valence-corrected chi connectivity index (χ0v) is 24.2. The second-order valence-corrected chi connectivity index (χ2v) is 10.7. The van der Waals surface area contributed by atoms with Crippen molar-refractivity contribution in [2.45, 2.75) is 65.7 Å². The fourth-order valence-electron chi connectivity index (χ4n) is 5.62. The van der Waals surface area contributed by atoms with Gasteiger partial charge in [-0.1, -0.05) is 94.6 Å². The molecule has 0 aliphatic carbocycles. The SMILES string of the molecule is CCCCOC(=O)c1ccccc1-c1ccc(N(CCCC)CCCC)c2c1Cc1c(ccc3ccccc13)O2. The Morgan fingerprint density at radius 1 is 0.775 bits per heavy atom. The second-order valence-electron chi connectivity index (χ2n) is 10.7. The lowest BCUT2D eigenvalue weighted by Crippen LogP contribution is -2.26. The van der Waals surface area contributed by atoms with Crippen LogP contribution in [0.15, 0.2) is 72.8 Å². The first-order valence-corrected chi connectivity index (χ1v) is 15.0. The van der Waals surface area contributed by atoms with E-state index < -0.39 is 0 Å². The number of unbranched alkanes of at least 4 members (excludes halogenated alkanes) is 3. The normalized spacial score (nSPS) is 12.0. The predicted octanol–water partition coefficient (Wildman–Crippen LogP) is 9.57. The van der Waals surface area contributed by atoms with Gasteiger partial charge < -0.3 is 14.4 Å². The van der Waals surface area contributed by atoms with Gasteiger partial charge in [0.1, 0.15) is 5.75 Å². The summed E-state index contributed by atoms with van der Waals surface area (Å²) in [5.41, 5.74) is 6.00. The Kier molecular flexibility index (Phi) is 9.05. The average molecular weight is 536 g/mol. The maximum Gasteiger partial charge on any atom is 0.338 e. The molecule has 0 spiro atoms. The molecule has 0 saturated carbocycles. The van der Waals surface area contributed by atoms with Crippen LogP contribution >= 0.6 is 0 Å². The van der Waals surface area contributed by atoms with E-state index in [-0.39, 0.29) is 5.97 Å². The minimum atomic E-state index is -0.267. The van der Waals surface area contributed by atoms with E-state index in [0.717, 1.165) is 91.9 Å². The van der Waals surface area contributed by atoms with Gasteiger partial charge in [-0.2, -0.15) is 0 Å². The van der Waals surface area contributed by atoms with E-state index in [4.69, 9.17) is 9.47 Å². The summed E-state index contributed by atoms with van der Waals surface area (Å²) in [7, 11) is 0. The van der Waals surface area contributed by atoms with Crippen LogP contribution in [0.2, 0.25) is 0 Å².